The number of carbonyl (C=O) groups is 1. The zero-order valence-corrected chi connectivity index (χ0v) is 15.6. The van der Waals surface area contributed by atoms with E-state index >= 15 is 0 Å². The second-order valence-electron chi connectivity index (χ2n) is 9.08. The van der Waals surface area contributed by atoms with Crippen LogP contribution in [0.1, 0.15) is 57.9 Å². The van der Waals surface area contributed by atoms with Gasteiger partial charge in [0.2, 0.25) is 0 Å². The minimum absolute atomic E-state index is 0.134. The Kier molecular flexibility index (Phi) is 3.87. The lowest BCUT2D eigenvalue weighted by atomic mass is 9.71. The SMILES string of the molecule is CC(C(=O)O)C1C[C@@]2(C)C[C@@H](c3ccnc4ccc(F)cc34)C[C@@]2(C)C1. The molecule has 26 heavy (non-hydrogen) atoms. The fourth-order valence-corrected chi connectivity index (χ4v) is 5.81. The van der Waals surface area contributed by atoms with E-state index in [0.29, 0.717) is 5.92 Å². The zero-order chi connectivity index (χ0) is 18.7. The lowest BCUT2D eigenvalue weighted by Gasteiger charge is -2.34. The first-order chi connectivity index (χ1) is 12.2. The van der Waals surface area contributed by atoms with Crippen LogP contribution in [0.15, 0.2) is 30.5 Å². The van der Waals surface area contributed by atoms with Crippen molar-refractivity contribution in [3.05, 3.63) is 41.8 Å². The van der Waals surface area contributed by atoms with Crippen molar-refractivity contribution in [2.45, 2.75) is 52.4 Å². The summed E-state index contributed by atoms with van der Waals surface area (Å²) in [7, 11) is 0. The maximum Gasteiger partial charge on any atom is 0.306 e. The molecule has 3 nitrogen and oxygen atoms in total. The standard InChI is InChI=1S/C22H26FNO2/c1-13(20(25)26)14-9-21(2)11-15(12-22(21,3)10-14)17-6-7-24-19-5-4-16(23)8-18(17)19/h4-8,13-15H,9-12H2,1-3H3,(H,25,26)/t13?,14?,15-,21+,22-. The van der Waals surface area contributed by atoms with Crippen molar-refractivity contribution in [3.8, 4) is 0 Å². The molecule has 0 amide bonds. The van der Waals surface area contributed by atoms with Crippen LogP contribution in [-0.4, -0.2) is 16.1 Å². The van der Waals surface area contributed by atoms with Crippen LogP contribution in [0.2, 0.25) is 0 Å². The van der Waals surface area contributed by atoms with E-state index in [1.54, 1.807) is 12.1 Å². The number of aliphatic carboxylic acids is 1. The summed E-state index contributed by atoms with van der Waals surface area (Å²) in [5, 5.41) is 10.3. The number of carboxylic acid groups (broad SMARTS) is 1. The fraction of sp³-hybridized carbons (Fsp3) is 0.545. The summed E-state index contributed by atoms with van der Waals surface area (Å²) < 4.78 is 13.8. The largest absolute Gasteiger partial charge is 0.481 e. The molecule has 1 aromatic carbocycles. The highest BCUT2D eigenvalue weighted by Gasteiger charge is 2.59. The van der Waals surface area contributed by atoms with Gasteiger partial charge in [-0.2, -0.15) is 0 Å². The van der Waals surface area contributed by atoms with Crippen molar-refractivity contribution in [2.75, 3.05) is 0 Å². The minimum Gasteiger partial charge on any atom is -0.481 e. The Bertz CT molecular complexity index is 862. The first-order valence-electron chi connectivity index (χ1n) is 9.49. The van der Waals surface area contributed by atoms with Gasteiger partial charge in [-0.3, -0.25) is 9.78 Å². The van der Waals surface area contributed by atoms with Crippen LogP contribution in [0.3, 0.4) is 0 Å². The van der Waals surface area contributed by atoms with Crippen molar-refractivity contribution in [1.29, 1.82) is 0 Å². The average molecular weight is 355 g/mol. The van der Waals surface area contributed by atoms with Gasteiger partial charge >= 0.3 is 5.97 Å². The summed E-state index contributed by atoms with van der Waals surface area (Å²) in [6.45, 7) is 6.49. The number of hydrogen-bond donors (Lipinski definition) is 1. The molecule has 4 heteroatoms. The van der Waals surface area contributed by atoms with E-state index in [4.69, 9.17) is 0 Å². The van der Waals surface area contributed by atoms with Crippen molar-refractivity contribution < 1.29 is 14.3 Å². The Morgan fingerprint density at radius 1 is 1.19 bits per heavy atom. The third-order valence-electron chi connectivity index (χ3n) is 7.55. The molecular formula is C22H26FNO2. The smallest absolute Gasteiger partial charge is 0.306 e. The number of aromatic nitrogens is 1. The lowest BCUT2D eigenvalue weighted by molar-refractivity contribution is -0.143. The molecule has 1 N–H and O–H groups in total. The van der Waals surface area contributed by atoms with Gasteiger partial charge in [-0.05, 0) is 78.2 Å². The van der Waals surface area contributed by atoms with Crippen molar-refractivity contribution in [2.24, 2.45) is 22.7 Å². The van der Waals surface area contributed by atoms with Crippen LogP contribution in [0.25, 0.3) is 10.9 Å². The van der Waals surface area contributed by atoms with E-state index in [0.717, 1.165) is 36.6 Å². The van der Waals surface area contributed by atoms with Crippen LogP contribution < -0.4 is 0 Å². The average Bonchev–Trinajstić information content (AvgIpc) is 2.97. The Morgan fingerprint density at radius 2 is 1.85 bits per heavy atom. The Hall–Kier alpha value is -1.97. The van der Waals surface area contributed by atoms with Gasteiger partial charge in [-0.1, -0.05) is 20.8 Å². The van der Waals surface area contributed by atoms with Crippen LogP contribution in [0.4, 0.5) is 4.39 Å². The number of rotatable bonds is 3. The summed E-state index contributed by atoms with van der Waals surface area (Å²) in [4.78, 5) is 15.8. The van der Waals surface area contributed by atoms with E-state index in [-0.39, 0.29) is 28.5 Å². The second-order valence-corrected chi connectivity index (χ2v) is 9.08. The fourth-order valence-electron chi connectivity index (χ4n) is 5.81. The number of halogens is 1. The van der Waals surface area contributed by atoms with E-state index in [1.807, 2.05) is 19.2 Å². The highest BCUT2D eigenvalue weighted by Crippen LogP contribution is 2.68. The molecule has 2 fully saturated rings. The normalized spacial score (nSPS) is 34.8. The molecule has 2 saturated carbocycles. The molecule has 0 saturated heterocycles. The Balaban J connectivity index is 1.66. The number of fused-ring (bicyclic) bond motifs is 2. The van der Waals surface area contributed by atoms with Gasteiger partial charge in [0, 0.05) is 11.6 Å². The van der Waals surface area contributed by atoms with Crippen molar-refractivity contribution in [1.82, 2.24) is 4.98 Å². The maximum absolute atomic E-state index is 13.8. The van der Waals surface area contributed by atoms with Gasteiger partial charge < -0.3 is 5.11 Å². The number of carboxylic acids is 1. The van der Waals surface area contributed by atoms with E-state index in [9.17, 15) is 14.3 Å². The summed E-state index contributed by atoms with van der Waals surface area (Å²) in [6.07, 6.45) is 5.81. The molecule has 1 aromatic heterocycles. The van der Waals surface area contributed by atoms with Crippen LogP contribution >= 0.6 is 0 Å². The van der Waals surface area contributed by atoms with Gasteiger partial charge in [0.1, 0.15) is 5.82 Å². The van der Waals surface area contributed by atoms with E-state index < -0.39 is 5.97 Å². The maximum atomic E-state index is 13.8. The van der Waals surface area contributed by atoms with Crippen molar-refractivity contribution >= 4 is 16.9 Å². The molecule has 0 bridgehead atoms. The van der Waals surface area contributed by atoms with Crippen LogP contribution in [0.5, 0.6) is 0 Å². The third-order valence-corrected chi connectivity index (χ3v) is 7.55. The van der Waals surface area contributed by atoms with Crippen molar-refractivity contribution in [3.63, 3.8) is 0 Å². The first-order valence-corrected chi connectivity index (χ1v) is 9.49. The van der Waals surface area contributed by atoms with Gasteiger partial charge in [0.05, 0.1) is 11.4 Å². The van der Waals surface area contributed by atoms with Gasteiger partial charge in [0.15, 0.2) is 0 Å². The molecule has 4 rings (SSSR count). The number of benzene rings is 1. The lowest BCUT2D eigenvalue weighted by Crippen LogP contribution is -2.25. The summed E-state index contributed by atoms with van der Waals surface area (Å²) >= 11 is 0. The molecule has 2 unspecified atom stereocenters. The van der Waals surface area contributed by atoms with E-state index in [2.05, 4.69) is 18.8 Å². The Morgan fingerprint density at radius 3 is 2.46 bits per heavy atom. The number of pyridine rings is 1. The topological polar surface area (TPSA) is 50.2 Å². The van der Waals surface area contributed by atoms with Gasteiger partial charge in [-0.15, -0.1) is 0 Å². The predicted molar refractivity (Wildman–Crippen MR) is 99.4 cm³/mol. The molecule has 2 aromatic rings. The molecule has 5 atom stereocenters. The van der Waals surface area contributed by atoms with Gasteiger partial charge in [-0.25, -0.2) is 4.39 Å². The number of nitrogens with zero attached hydrogens (tertiary/aromatic N) is 1. The molecule has 0 aliphatic heterocycles. The predicted octanol–water partition coefficient (Wildman–Crippen LogP) is 5.39. The zero-order valence-electron chi connectivity index (χ0n) is 15.6. The van der Waals surface area contributed by atoms with Gasteiger partial charge in [0.25, 0.3) is 0 Å². The van der Waals surface area contributed by atoms with Crippen LogP contribution in [-0.2, 0) is 4.79 Å². The quantitative estimate of drug-likeness (QED) is 0.802. The first kappa shape index (κ1) is 17.4. The summed E-state index contributed by atoms with van der Waals surface area (Å²) in [5.74, 6) is -0.580. The molecule has 1 heterocycles. The van der Waals surface area contributed by atoms with Crippen LogP contribution in [0, 0.1) is 28.5 Å². The molecule has 2 aliphatic rings. The summed E-state index contributed by atoms with van der Waals surface area (Å²) in [6, 6.07) is 6.85. The summed E-state index contributed by atoms with van der Waals surface area (Å²) in [5.41, 5.74) is 2.30. The molecular weight excluding hydrogens is 329 g/mol. The third kappa shape index (κ3) is 2.53. The highest BCUT2D eigenvalue weighted by molar-refractivity contribution is 5.82. The second kappa shape index (κ2) is 5.77. The highest BCUT2D eigenvalue weighted by atomic mass is 19.1. The molecule has 138 valence electrons. The molecule has 0 radical (unpaired) electrons. The molecule has 2 aliphatic carbocycles. The number of hydrogen-bond acceptors (Lipinski definition) is 2. The minimum atomic E-state index is -0.686. The Labute approximate surface area is 153 Å². The monoisotopic (exact) mass is 355 g/mol. The van der Waals surface area contributed by atoms with E-state index in [1.165, 1.54) is 11.6 Å². The molecule has 0 spiro atoms.